The van der Waals surface area contributed by atoms with Crippen LogP contribution in [0.3, 0.4) is 0 Å². The number of benzene rings is 2. The molecule has 1 aliphatic rings. The standard InChI is InChI=1S/C22H23ClF3N3O4/c1-32-21(31)13-20(30)29-11-5-4-8-19(29)28-27-14-9-10-15(17(23)12-14)16-6-2-3-7-18(16)33-22(24,25)26/h2-3,6-7,9-10,12,19-20,30H,4-5,8,11,13H2,1H3. The first-order valence-electron chi connectivity index (χ1n) is 10.2. The van der Waals surface area contributed by atoms with E-state index in [4.69, 9.17) is 11.6 Å². The van der Waals surface area contributed by atoms with E-state index in [0.29, 0.717) is 24.2 Å². The number of esters is 1. The van der Waals surface area contributed by atoms with E-state index in [0.717, 1.165) is 12.8 Å². The van der Waals surface area contributed by atoms with Gasteiger partial charge in [-0.05, 0) is 37.5 Å². The van der Waals surface area contributed by atoms with Gasteiger partial charge < -0.3 is 14.6 Å². The number of nitrogens with zero attached hydrogens (tertiary/aromatic N) is 3. The molecule has 1 heterocycles. The van der Waals surface area contributed by atoms with Crippen LogP contribution in [0, 0.1) is 0 Å². The molecule has 1 aliphatic heterocycles. The van der Waals surface area contributed by atoms with Crippen LogP contribution in [0.5, 0.6) is 5.75 Å². The summed E-state index contributed by atoms with van der Waals surface area (Å²) in [5, 5.41) is 19.0. The molecule has 0 spiro atoms. The molecule has 33 heavy (non-hydrogen) atoms. The summed E-state index contributed by atoms with van der Waals surface area (Å²) >= 11 is 6.34. The molecule has 3 rings (SSSR count). The monoisotopic (exact) mass is 485 g/mol. The van der Waals surface area contributed by atoms with Gasteiger partial charge in [-0.25, -0.2) is 0 Å². The van der Waals surface area contributed by atoms with Crippen LogP contribution in [0.25, 0.3) is 11.1 Å². The second kappa shape index (κ2) is 11.0. The normalized spacial score (nSPS) is 18.3. The number of hydrogen-bond acceptors (Lipinski definition) is 7. The van der Waals surface area contributed by atoms with Crippen LogP contribution in [-0.2, 0) is 9.53 Å². The zero-order chi connectivity index (χ0) is 24.0. The van der Waals surface area contributed by atoms with E-state index in [1.54, 1.807) is 23.1 Å². The second-order valence-electron chi connectivity index (χ2n) is 7.40. The second-order valence-corrected chi connectivity index (χ2v) is 7.81. The number of azo groups is 1. The molecule has 178 valence electrons. The minimum Gasteiger partial charge on any atom is -0.469 e. The smallest absolute Gasteiger partial charge is 0.469 e. The predicted molar refractivity (Wildman–Crippen MR) is 115 cm³/mol. The summed E-state index contributed by atoms with van der Waals surface area (Å²) in [5.41, 5.74) is 0.932. The number of halogens is 4. The van der Waals surface area contributed by atoms with Gasteiger partial charge in [0.1, 0.15) is 18.1 Å². The lowest BCUT2D eigenvalue weighted by Gasteiger charge is -2.35. The molecule has 2 aromatic carbocycles. The number of piperidine rings is 1. The third kappa shape index (κ3) is 6.89. The molecule has 0 amide bonds. The van der Waals surface area contributed by atoms with Crippen LogP contribution in [0.2, 0.25) is 5.02 Å². The van der Waals surface area contributed by atoms with Gasteiger partial charge in [-0.3, -0.25) is 9.69 Å². The Bertz CT molecular complexity index is 1000. The van der Waals surface area contributed by atoms with Crippen molar-refractivity contribution in [3.63, 3.8) is 0 Å². The van der Waals surface area contributed by atoms with Crippen LogP contribution >= 0.6 is 11.6 Å². The largest absolute Gasteiger partial charge is 0.573 e. The van der Waals surface area contributed by atoms with Crippen LogP contribution in [-0.4, -0.2) is 48.4 Å². The third-order valence-corrected chi connectivity index (χ3v) is 5.45. The van der Waals surface area contributed by atoms with Crippen LogP contribution < -0.4 is 4.74 Å². The maximum absolute atomic E-state index is 12.7. The highest BCUT2D eigenvalue weighted by Crippen LogP contribution is 2.38. The summed E-state index contributed by atoms with van der Waals surface area (Å²) in [7, 11) is 1.25. The number of aliphatic hydroxyl groups excluding tert-OH is 1. The Labute approximate surface area is 193 Å². The van der Waals surface area contributed by atoms with Crippen molar-refractivity contribution >= 4 is 23.3 Å². The first kappa shape index (κ1) is 24.9. The van der Waals surface area contributed by atoms with Gasteiger partial charge in [-0.15, -0.1) is 13.2 Å². The molecule has 0 bridgehead atoms. The first-order valence-corrected chi connectivity index (χ1v) is 10.6. The molecule has 7 nitrogen and oxygen atoms in total. The van der Waals surface area contributed by atoms with Gasteiger partial charge in [-0.2, -0.15) is 10.2 Å². The number of carbonyl (C=O) groups excluding carboxylic acids is 1. The van der Waals surface area contributed by atoms with Crippen molar-refractivity contribution in [2.75, 3.05) is 13.7 Å². The predicted octanol–water partition coefficient (Wildman–Crippen LogP) is 5.68. The van der Waals surface area contributed by atoms with Gasteiger partial charge in [0.25, 0.3) is 0 Å². The highest BCUT2D eigenvalue weighted by molar-refractivity contribution is 6.33. The molecule has 1 saturated heterocycles. The lowest BCUT2D eigenvalue weighted by molar-refractivity contribution is -0.274. The lowest BCUT2D eigenvalue weighted by Crippen LogP contribution is -2.46. The highest BCUT2D eigenvalue weighted by Gasteiger charge is 2.32. The average Bonchev–Trinajstić information content (AvgIpc) is 2.77. The molecule has 2 atom stereocenters. The van der Waals surface area contributed by atoms with Crippen molar-refractivity contribution in [3.8, 4) is 16.9 Å². The molecule has 2 unspecified atom stereocenters. The Morgan fingerprint density at radius 2 is 2.00 bits per heavy atom. The number of methoxy groups -OCH3 is 1. The van der Waals surface area contributed by atoms with E-state index in [9.17, 15) is 23.1 Å². The van der Waals surface area contributed by atoms with E-state index < -0.39 is 24.7 Å². The first-order chi connectivity index (χ1) is 15.7. The average molecular weight is 486 g/mol. The van der Waals surface area contributed by atoms with E-state index >= 15 is 0 Å². The van der Waals surface area contributed by atoms with Crippen molar-refractivity contribution in [1.82, 2.24) is 4.90 Å². The molecule has 0 radical (unpaired) electrons. The summed E-state index contributed by atoms with van der Waals surface area (Å²) in [4.78, 5) is 13.2. The Morgan fingerprint density at radius 3 is 2.70 bits per heavy atom. The van der Waals surface area contributed by atoms with Crippen LogP contribution in [0.1, 0.15) is 25.7 Å². The highest BCUT2D eigenvalue weighted by atomic mass is 35.5. The summed E-state index contributed by atoms with van der Waals surface area (Å²) in [5.74, 6) is -0.889. The zero-order valence-corrected chi connectivity index (χ0v) is 18.5. The number of hydrogen-bond donors (Lipinski definition) is 1. The lowest BCUT2D eigenvalue weighted by atomic mass is 10.0. The zero-order valence-electron chi connectivity index (χ0n) is 17.8. The molecule has 1 fully saturated rings. The molecule has 0 saturated carbocycles. The summed E-state index contributed by atoms with van der Waals surface area (Å²) in [6.45, 7) is 0.553. The van der Waals surface area contributed by atoms with Crippen molar-refractivity contribution in [3.05, 3.63) is 47.5 Å². The number of likely N-dealkylation sites (tertiary alicyclic amines) is 1. The van der Waals surface area contributed by atoms with Crippen molar-refractivity contribution < 1.29 is 32.5 Å². The summed E-state index contributed by atoms with van der Waals surface area (Å²) in [6, 6.07) is 10.3. The maximum Gasteiger partial charge on any atom is 0.573 e. The Hall–Kier alpha value is -2.69. The Morgan fingerprint density at radius 1 is 1.24 bits per heavy atom. The van der Waals surface area contributed by atoms with Crippen LogP contribution in [0.4, 0.5) is 18.9 Å². The van der Waals surface area contributed by atoms with Gasteiger partial charge >= 0.3 is 12.3 Å². The fourth-order valence-corrected chi connectivity index (χ4v) is 3.85. The van der Waals surface area contributed by atoms with Gasteiger partial charge in [0, 0.05) is 17.7 Å². The summed E-state index contributed by atoms with van der Waals surface area (Å²) < 4.78 is 46.9. The number of para-hydroxylation sites is 1. The Kier molecular flexibility index (Phi) is 8.28. The molecule has 11 heteroatoms. The van der Waals surface area contributed by atoms with E-state index in [2.05, 4.69) is 19.7 Å². The minimum atomic E-state index is -4.83. The fourth-order valence-electron chi connectivity index (χ4n) is 3.58. The number of alkyl halides is 3. The number of ether oxygens (including phenoxy) is 2. The van der Waals surface area contributed by atoms with Gasteiger partial charge in [-0.1, -0.05) is 35.9 Å². The van der Waals surface area contributed by atoms with E-state index in [1.807, 2.05) is 0 Å². The van der Waals surface area contributed by atoms with E-state index in [-0.39, 0.29) is 22.8 Å². The van der Waals surface area contributed by atoms with Crippen molar-refractivity contribution in [2.24, 2.45) is 10.2 Å². The van der Waals surface area contributed by atoms with Gasteiger partial charge in [0.15, 0.2) is 0 Å². The summed E-state index contributed by atoms with van der Waals surface area (Å²) in [6.07, 6.45) is -4.10. The molecule has 0 aliphatic carbocycles. The molecule has 0 aromatic heterocycles. The molecular weight excluding hydrogens is 463 g/mol. The van der Waals surface area contributed by atoms with Gasteiger partial charge in [0.05, 0.1) is 24.2 Å². The maximum atomic E-state index is 12.7. The van der Waals surface area contributed by atoms with Crippen LogP contribution in [0.15, 0.2) is 52.7 Å². The molecular formula is C22H23ClF3N3O4. The number of carbonyl (C=O) groups is 1. The third-order valence-electron chi connectivity index (χ3n) is 5.13. The number of rotatable bonds is 7. The topological polar surface area (TPSA) is 83.7 Å². The van der Waals surface area contributed by atoms with E-state index in [1.165, 1.54) is 31.4 Å². The molecule has 1 N–H and O–H groups in total. The fraction of sp³-hybridized carbons (Fsp3) is 0.409. The molecule has 2 aromatic rings. The quantitative estimate of drug-likeness (QED) is 0.403. The minimum absolute atomic E-state index is 0.177. The number of aliphatic hydroxyl groups is 1. The SMILES string of the molecule is COC(=O)CC(O)N1CCCCC1N=Nc1ccc(-c2ccccc2OC(F)(F)F)c(Cl)c1. The Balaban J connectivity index is 1.78. The van der Waals surface area contributed by atoms with Crippen molar-refractivity contribution in [2.45, 2.75) is 44.4 Å². The van der Waals surface area contributed by atoms with Gasteiger partial charge in [0.2, 0.25) is 0 Å². The van der Waals surface area contributed by atoms with Crippen molar-refractivity contribution in [1.29, 1.82) is 0 Å².